The molecule has 1 N–H and O–H groups in total. The molecule has 0 aliphatic carbocycles. The summed E-state index contributed by atoms with van der Waals surface area (Å²) in [5, 5.41) is 24.9. The maximum absolute atomic E-state index is 12.3. The van der Waals surface area contributed by atoms with Crippen LogP contribution in [0.25, 0.3) is 0 Å². The maximum Gasteiger partial charge on any atom is 0.255 e. The lowest BCUT2D eigenvalue weighted by Gasteiger charge is -2.14. The highest BCUT2D eigenvalue weighted by atomic mass is 16.5. The fraction of sp³-hybridized carbons (Fsp3) is 0.0455. The molecule has 0 radical (unpaired) electrons. The predicted molar refractivity (Wildman–Crippen MR) is 101 cm³/mol. The molecule has 3 aromatic carbocycles. The molecular weight excluding hydrogens is 374 g/mol. The van der Waals surface area contributed by atoms with E-state index in [2.05, 4.69) is 5.32 Å². The van der Waals surface area contributed by atoms with Crippen LogP contribution >= 0.6 is 0 Å². The van der Waals surface area contributed by atoms with Gasteiger partial charge in [0.15, 0.2) is 0 Å². The van der Waals surface area contributed by atoms with Gasteiger partial charge in [0.25, 0.3) is 5.91 Å². The van der Waals surface area contributed by atoms with E-state index in [0.717, 1.165) is 17.7 Å². The highest BCUT2D eigenvalue weighted by Crippen LogP contribution is 2.26. The monoisotopic (exact) mass is 389 g/mol. The van der Waals surface area contributed by atoms with Crippen LogP contribution in [-0.2, 0) is 0 Å². The van der Waals surface area contributed by atoms with Crippen LogP contribution in [-0.4, -0.2) is 17.8 Å². The average molecular weight is 389 g/mol. The van der Waals surface area contributed by atoms with Gasteiger partial charge in [0, 0.05) is 28.4 Å². The first kappa shape index (κ1) is 19.6. The smallest absolute Gasteiger partial charge is 0.255 e. The number of nitrogens with one attached hydrogen (secondary N) is 1. The topological polar surface area (TPSA) is 119 Å². The number of carbonyl (C=O) groups is 3. The Hall–Kier alpha value is -4.13. The lowest BCUT2D eigenvalue weighted by Crippen LogP contribution is -2.30. The number of carboxylic acid groups (broad SMARTS) is 2. The zero-order chi connectivity index (χ0) is 21.0. The molecular formula is C22H15NO6-2. The van der Waals surface area contributed by atoms with Gasteiger partial charge in [0.05, 0.1) is 11.9 Å². The Bertz CT molecular complexity index is 1090. The number of rotatable bonds is 6. The largest absolute Gasteiger partial charge is 0.545 e. The third-order valence-electron chi connectivity index (χ3n) is 4.07. The molecule has 3 aromatic rings. The third-order valence-corrected chi connectivity index (χ3v) is 4.07. The van der Waals surface area contributed by atoms with Gasteiger partial charge in [-0.3, -0.25) is 4.79 Å². The zero-order valence-corrected chi connectivity index (χ0v) is 15.3. The molecule has 0 heterocycles. The Labute approximate surface area is 166 Å². The number of benzene rings is 3. The normalized spacial score (nSPS) is 10.2. The predicted octanol–water partition coefficient (Wildman–Crippen LogP) is 1.77. The van der Waals surface area contributed by atoms with Crippen molar-refractivity contribution in [2.45, 2.75) is 6.92 Å². The highest BCUT2D eigenvalue weighted by Gasteiger charge is 2.09. The zero-order valence-electron chi connectivity index (χ0n) is 15.3. The van der Waals surface area contributed by atoms with Crippen molar-refractivity contribution in [3.8, 4) is 11.5 Å². The van der Waals surface area contributed by atoms with Crippen molar-refractivity contribution < 1.29 is 29.3 Å². The number of carboxylic acids is 2. The van der Waals surface area contributed by atoms with Crippen LogP contribution in [0.4, 0.5) is 5.69 Å². The first-order chi connectivity index (χ1) is 13.8. The highest BCUT2D eigenvalue weighted by molar-refractivity contribution is 6.04. The molecule has 0 aromatic heterocycles. The molecule has 0 spiro atoms. The quantitative estimate of drug-likeness (QED) is 0.686. The Kier molecular flexibility index (Phi) is 5.59. The van der Waals surface area contributed by atoms with Gasteiger partial charge >= 0.3 is 0 Å². The maximum atomic E-state index is 12.3. The Morgan fingerprint density at radius 1 is 0.793 bits per heavy atom. The number of aryl methyl sites for hydroxylation is 1. The van der Waals surface area contributed by atoms with Crippen LogP contribution in [0.15, 0.2) is 66.7 Å². The molecule has 7 heteroatoms. The van der Waals surface area contributed by atoms with Gasteiger partial charge in [0.2, 0.25) is 0 Å². The number of amides is 1. The number of ether oxygens (including phenoxy) is 1. The number of hydrogen-bond acceptors (Lipinski definition) is 6. The summed E-state index contributed by atoms with van der Waals surface area (Å²) < 4.78 is 5.59. The van der Waals surface area contributed by atoms with E-state index < -0.39 is 23.1 Å². The first-order valence-electron chi connectivity index (χ1n) is 8.56. The van der Waals surface area contributed by atoms with Crippen molar-refractivity contribution in [3.63, 3.8) is 0 Å². The minimum atomic E-state index is -1.66. The summed E-state index contributed by atoms with van der Waals surface area (Å²) >= 11 is 0. The van der Waals surface area contributed by atoms with E-state index in [1.807, 2.05) is 19.1 Å². The van der Waals surface area contributed by atoms with E-state index in [1.54, 1.807) is 36.4 Å². The number of hydrogen-bond donors (Lipinski definition) is 1. The summed E-state index contributed by atoms with van der Waals surface area (Å²) in [6.07, 6.45) is 0. The molecule has 0 aliphatic rings. The van der Waals surface area contributed by atoms with Gasteiger partial charge in [-0.1, -0.05) is 23.8 Å². The molecule has 0 fully saturated rings. The summed E-state index contributed by atoms with van der Waals surface area (Å²) in [5.74, 6) is -3.17. The second-order valence-electron chi connectivity index (χ2n) is 6.23. The molecule has 0 saturated heterocycles. The molecule has 0 aliphatic heterocycles. The van der Waals surface area contributed by atoms with Crippen LogP contribution < -0.4 is 20.3 Å². The van der Waals surface area contributed by atoms with E-state index >= 15 is 0 Å². The van der Waals surface area contributed by atoms with Crippen molar-refractivity contribution >= 4 is 23.5 Å². The summed E-state index contributed by atoms with van der Waals surface area (Å²) in [5.41, 5.74) is 0.957. The molecule has 0 unspecified atom stereocenters. The van der Waals surface area contributed by atoms with Crippen LogP contribution in [0.3, 0.4) is 0 Å². The number of carbonyl (C=O) groups excluding carboxylic acids is 3. The first-order valence-corrected chi connectivity index (χ1v) is 8.56. The number of anilines is 1. The fourth-order valence-electron chi connectivity index (χ4n) is 2.62. The lowest BCUT2D eigenvalue weighted by molar-refractivity contribution is -0.259. The second kappa shape index (κ2) is 8.26. The molecule has 0 bridgehead atoms. The molecule has 0 saturated carbocycles. The minimum absolute atomic E-state index is 0.0937. The Balaban J connectivity index is 1.78. The van der Waals surface area contributed by atoms with E-state index in [4.69, 9.17) is 4.74 Å². The Morgan fingerprint density at radius 2 is 1.45 bits per heavy atom. The van der Waals surface area contributed by atoms with Crippen molar-refractivity contribution in [1.29, 1.82) is 0 Å². The van der Waals surface area contributed by atoms with Crippen molar-refractivity contribution in [2.75, 3.05) is 5.32 Å². The van der Waals surface area contributed by atoms with Gasteiger partial charge in [0.1, 0.15) is 11.5 Å². The fourth-order valence-corrected chi connectivity index (χ4v) is 2.62. The lowest BCUT2D eigenvalue weighted by atomic mass is 10.1. The molecule has 29 heavy (non-hydrogen) atoms. The standard InChI is InChI=1S/C22H17NO6/c1-13-5-7-14(8-6-13)20(24)23-15-3-2-4-16(11-15)29-17-9-10-18(21(25)26)19(12-17)22(27)28/h2-12H,1H3,(H,23,24)(H,25,26)(H,27,28)/p-2. The van der Waals surface area contributed by atoms with Crippen LogP contribution in [0.1, 0.15) is 36.6 Å². The van der Waals surface area contributed by atoms with E-state index in [9.17, 15) is 24.6 Å². The second-order valence-corrected chi connectivity index (χ2v) is 6.23. The van der Waals surface area contributed by atoms with Crippen molar-refractivity contribution in [1.82, 2.24) is 0 Å². The van der Waals surface area contributed by atoms with E-state index in [-0.39, 0.29) is 11.7 Å². The third kappa shape index (κ3) is 4.78. The van der Waals surface area contributed by atoms with Crippen molar-refractivity contribution in [2.24, 2.45) is 0 Å². The van der Waals surface area contributed by atoms with Gasteiger partial charge in [-0.2, -0.15) is 0 Å². The van der Waals surface area contributed by atoms with Gasteiger partial charge in [-0.05, 0) is 49.4 Å². The molecule has 146 valence electrons. The van der Waals surface area contributed by atoms with E-state index in [1.165, 1.54) is 6.07 Å². The minimum Gasteiger partial charge on any atom is -0.545 e. The molecule has 1 amide bonds. The molecule has 7 nitrogen and oxygen atoms in total. The summed E-state index contributed by atoms with van der Waals surface area (Å²) in [4.78, 5) is 34.5. The molecule has 0 atom stereocenters. The van der Waals surface area contributed by atoms with Gasteiger partial charge in [-0.15, -0.1) is 0 Å². The Morgan fingerprint density at radius 3 is 2.10 bits per heavy atom. The van der Waals surface area contributed by atoms with Crippen LogP contribution in [0, 0.1) is 6.92 Å². The van der Waals surface area contributed by atoms with Crippen LogP contribution in [0.5, 0.6) is 11.5 Å². The SMILES string of the molecule is Cc1ccc(C(=O)Nc2cccc(Oc3ccc(C(=O)[O-])c(C(=O)[O-])c3)c2)cc1. The summed E-state index contributed by atoms with van der Waals surface area (Å²) in [6.45, 7) is 1.92. The summed E-state index contributed by atoms with van der Waals surface area (Å²) in [7, 11) is 0. The van der Waals surface area contributed by atoms with Gasteiger partial charge < -0.3 is 29.9 Å². The number of aromatic carboxylic acids is 2. The average Bonchev–Trinajstić information content (AvgIpc) is 2.68. The van der Waals surface area contributed by atoms with Crippen molar-refractivity contribution in [3.05, 3.63) is 89.0 Å². The summed E-state index contributed by atoms with van der Waals surface area (Å²) in [6, 6.07) is 17.0. The molecule has 3 rings (SSSR count). The van der Waals surface area contributed by atoms with E-state index in [0.29, 0.717) is 17.0 Å². The van der Waals surface area contributed by atoms with Crippen LogP contribution in [0.2, 0.25) is 0 Å². The van der Waals surface area contributed by atoms with Gasteiger partial charge in [-0.25, -0.2) is 0 Å².